The van der Waals surface area contributed by atoms with Gasteiger partial charge < -0.3 is 10.2 Å². The summed E-state index contributed by atoms with van der Waals surface area (Å²) in [7, 11) is 1.84. The number of carbonyl (C=O) groups excluding carboxylic acids is 2. The van der Waals surface area contributed by atoms with Gasteiger partial charge in [0.25, 0.3) is 0 Å². The fourth-order valence-corrected chi connectivity index (χ4v) is 3.13. The molecule has 0 atom stereocenters. The molecule has 0 saturated carbocycles. The van der Waals surface area contributed by atoms with Gasteiger partial charge in [-0.05, 0) is 34.5 Å². The molecule has 24 heavy (non-hydrogen) atoms. The van der Waals surface area contributed by atoms with E-state index < -0.39 is 0 Å². The van der Waals surface area contributed by atoms with Gasteiger partial charge in [-0.15, -0.1) is 0 Å². The Bertz CT molecular complexity index is 898. The minimum absolute atomic E-state index is 0.00727. The third-order valence-corrected chi connectivity index (χ3v) is 4.56. The van der Waals surface area contributed by atoms with Crippen LogP contribution in [0.5, 0.6) is 0 Å². The van der Waals surface area contributed by atoms with Gasteiger partial charge >= 0.3 is 0 Å². The average Bonchev–Trinajstić information content (AvgIpc) is 3.15. The van der Waals surface area contributed by atoms with Gasteiger partial charge in [0, 0.05) is 30.4 Å². The molecule has 8 nitrogen and oxygen atoms in total. The molecule has 2 aliphatic heterocycles. The zero-order chi connectivity index (χ0) is 16.8. The lowest BCUT2D eigenvalue weighted by atomic mass is 9.98. The van der Waals surface area contributed by atoms with Crippen LogP contribution in [0, 0.1) is 0 Å². The van der Waals surface area contributed by atoms with E-state index in [2.05, 4.69) is 20.8 Å². The Morgan fingerprint density at radius 1 is 1.38 bits per heavy atom. The minimum Gasteiger partial charge on any atom is -0.326 e. The number of allylic oxidation sites excluding steroid dienone is 2. The first kappa shape index (κ1) is 14.6. The number of anilines is 2. The number of Topliss-reactive ketones (excluding diaryl/α,β-unsaturated/α-hetero) is 1. The summed E-state index contributed by atoms with van der Waals surface area (Å²) in [4.78, 5) is 26.0. The molecule has 2 aliphatic rings. The average molecular weight is 324 g/mol. The zero-order valence-corrected chi connectivity index (χ0v) is 13.4. The number of aromatic nitrogens is 4. The summed E-state index contributed by atoms with van der Waals surface area (Å²) in [5.41, 5.74) is 4.25. The van der Waals surface area contributed by atoms with E-state index in [4.69, 9.17) is 0 Å². The number of nitrogens with zero attached hydrogens (tertiary/aromatic N) is 5. The van der Waals surface area contributed by atoms with Crippen LogP contribution in [0.3, 0.4) is 0 Å². The van der Waals surface area contributed by atoms with Gasteiger partial charge in [-0.2, -0.15) is 0 Å². The van der Waals surface area contributed by atoms with Gasteiger partial charge in [-0.1, -0.05) is 17.2 Å². The smallest absolute Gasteiger partial charge is 0.249 e. The molecule has 0 fully saturated rings. The van der Waals surface area contributed by atoms with Crippen molar-refractivity contribution < 1.29 is 9.59 Å². The SMILES string of the molecule is CC1=C(C(=O)Cc2ccc3c(c2)CC(=O)N3)Cn2nnnc2N1C. The summed E-state index contributed by atoms with van der Waals surface area (Å²) in [6.45, 7) is 2.28. The van der Waals surface area contributed by atoms with Gasteiger partial charge in [0.05, 0.1) is 13.0 Å². The van der Waals surface area contributed by atoms with Crippen molar-refractivity contribution in [2.45, 2.75) is 26.3 Å². The number of benzene rings is 1. The molecule has 1 aromatic carbocycles. The standard InChI is InChI=1S/C16H16N6O2/c1-9-12(8-22-16(21(9)2)18-19-20-22)14(23)6-10-3-4-13-11(5-10)7-15(24)17-13/h3-5H,6-8H2,1-2H3,(H,17,24). The molecule has 0 aliphatic carbocycles. The van der Waals surface area contributed by atoms with Gasteiger partial charge in [0.2, 0.25) is 11.9 Å². The summed E-state index contributed by atoms with van der Waals surface area (Å²) >= 11 is 0. The summed E-state index contributed by atoms with van der Waals surface area (Å²) in [6.07, 6.45) is 0.662. The summed E-state index contributed by atoms with van der Waals surface area (Å²) in [5, 5.41) is 14.3. The van der Waals surface area contributed by atoms with E-state index in [1.807, 2.05) is 37.1 Å². The number of nitrogens with one attached hydrogen (secondary N) is 1. The first-order valence-corrected chi connectivity index (χ1v) is 7.67. The van der Waals surface area contributed by atoms with Crippen LogP contribution in [-0.4, -0.2) is 38.9 Å². The molecule has 122 valence electrons. The van der Waals surface area contributed by atoms with Crippen molar-refractivity contribution in [2.24, 2.45) is 0 Å². The van der Waals surface area contributed by atoms with E-state index in [0.717, 1.165) is 22.5 Å². The number of carbonyl (C=O) groups is 2. The molecule has 0 bridgehead atoms. The third-order valence-electron chi connectivity index (χ3n) is 4.56. The zero-order valence-electron chi connectivity index (χ0n) is 13.4. The van der Waals surface area contributed by atoms with Crippen molar-refractivity contribution in [3.63, 3.8) is 0 Å². The molecular weight excluding hydrogens is 308 g/mol. The molecule has 0 unspecified atom stereocenters. The van der Waals surface area contributed by atoms with Gasteiger partial charge in [0.1, 0.15) is 0 Å². The maximum atomic E-state index is 12.8. The van der Waals surface area contributed by atoms with E-state index in [1.54, 1.807) is 4.68 Å². The lowest BCUT2D eigenvalue weighted by molar-refractivity contribution is -0.116. The molecule has 3 heterocycles. The summed E-state index contributed by atoms with van der Waals surface area (Å²) in [5.74, 6) is 0.663. The molecule has 1 N–H and O–H groups in total. The number of tetrazole rings is 1. The molecule has 0 radical (unpaired) electrons. The molecule has 8 heteroatoms. The van der Waals surface area contributed by atoms with Crippen LogP contribution < -0.4 is 10.2 Å². The predicted molar refractivity (Wildman–Crippen MR) is 86.4 cm³/mol. The van der Waals surface area contributed by atoms with Crippen molar-refractivity contribution in [3.05, 3.63) is 40.6 Å². The second-order valence-electron chi connectivity index (χ2n) is 6.08. The topological polar surface area (TPSA) is 93.0 Å². The number of hydrogen-bond acceptors (Lipinski definition) is 6. The van der Waals surface area contributed by atoms with Crippen LogP contribution >= 0.6 is 0 Å². The fraction of sp³-hybridized carbons (Fsp3) is 0.312. The van der Waals surface area contributed by atoms with E-state index in [-0.39, 0.29) is 11.7 Å². The second kappa shape index (κ2) is 5.26. The first-order valence-electron chi connectivity index (χ1n) is 7.67. The Hall–Kier alpha value is -3.03. The molecule has 2 aromatic rings. The van der Waals surface area contributed by atoms with Gasteiger partial charge in [-0.3, -0.25) is 9.59 Å². The Morgan fingerprint density at radius 2 is 2.21 bits per heavy atom. The highest BCUT2D eigenvalue weighted by Crippen LogP contribution is 2.27. The van der Waals surface area contributed by atoms with Crippen LogP contribution in [0.25, 0.3) is 0 Å². The monoisotopic (exact) mass is 324 g/mol. The Labute approximate surface area is 138 Å². The largest absolute Gasteiger partial charge is 0.326 e. The van der Waals surface area contributed by atoms with Gasteiger partial charge in [-0.25, -0.2) is 4.68 Å². The predicted octanol–water partition coefficient (Wildman–Crippen LogP) is 0.703. The lowest BCUT2D eigenvalue weighted by Crippen LogP contribution is -2.30. The van der Waals surface area contributed by atoms with E-state index in [0.29, 0.717) is 30.9 Å². The van der Waals surface area contributed by atoms with Crippen LogP contribution in [0.2, 0.25) is 0 Å². The first-order chi connectivity index (χ1) is 11.5. The second-order valence-corrected chi connectivity index (χ2v) is 6.08. The van der Waals surface area contributed by atoms with E-state index in [9.17, 15) is 9.59 Å². The number of fused-ring (bicyclic) bond motifs is 2. The Kier molecular flexibility index (Phi) is 3.19. The van der Waals surface area contributed by atoms with Crippen LogP contribution in [-0.2, 0) is 29.0 Å². The van der Waals surface area contributed by atoms with E-state index in [1.165, 1.54) is 0 Å². The number of ketones is 1. The molecule has 1 aromatic heterocycles. The fourth-order valence-electron chi connectivity index (χ4n) is 3.13. The number of hydrogen-bond donors (Lipinski definition) is 1. The highest BCUT2D eigenvalue weighted by Gasteiger charge is 2.26. The normalized spacial score (nSPS) is 16.1. The van der Waals surface area contributed by atoms with Crippen LogP contribution in [0.1, 0.15) is 18.1 Å². The van der Waals surface area contributed by atoms with Crippen molar-refractivity contribution >= 4 is 23.3 Å². The van der Waals surface area contributed by atoms with Crippen molar-refractivity contribution in [2.75, 3.05) is 17.3 Å². The molecule has 1 amide bonds. The molecule has 0 saturated heterocycles. The Balaban J connectivity index is 1.58. The maximum Gasteiger partial charge on any atom is 0.249 e. The van der Waals surface area contributed by atoms with E-state index >= 15 is 0 Å². The molecule has 0 spiro atoms. The maximum absolute atomic E-state index is 12.8. The summed E-state index contributed by atoms with van der Waals surface area (Å²) < 4.78 is 1.62. The molecule has 4 rings (SSSR count). The molecular formula is C16H16N6O2. The summed E-state index contributed by atoms with van der Waals surface area (Å²) in [6, 6.07) is 5.67. The van der Waals surface area contributed by atoms with Crippen molar-refractivity contribution in [1.82, 2.24) is 20.2 Å². The highest BCUT2D eigenvalue weighted by atomic mass is 16.1. The highest BCUT2D eigenvalue weighted by molar-refractivity contribution is 6.00. The third kappa shape index (κ3) is 2.27. The quantitative estimate of drug-likeness (QED) is 0.893. The minimum atomic E-state index is -0.00727. The van der Waals surface area contributed by atoms with Crippen molar-refractivity contribution in [3.8, 4) is 0 Å². The van der Waals surface area contributed by atoms with Crippen LogP contribution in [0.4, 0.5) is 11.6 Å². The number of amides is 1. The van der Waals surface area contributed by atoms with Gasteiger partial charge in [0.15, 0.2) is 5.78 Å². The number of rotatable bonds is 3. The Morgan fingerprint density at radius 3 is 3.04 bits per heavy atom. The van der Waals surface area contributed by atoms with Crippen LogP contribution in [0.15, 0.2) is 29.5 Å². The van der Waals surface area contributed by atoms with Crippen molar-refractivity contribution in [1.29, 1.82) is 0 Å². The lowest BCUT2D eigenvalue weighted by Gasteiger charge is -2.26.